The van der Waals surface area contributed by atoms with E-state index in [0.29, 0.717) is 23.0 Å². The molecule has 57 heavy (non-hydrogen) atoms. The predicted molar refractivity (Wildman–Crippen MR) is 231 cm³/mol. The second kappa shape index (κ2) is 16.0. The number of hydrogen-bond donors (Lipinski definition) is 1. The van der Waals surface area contributed by atoms with Crippen molar-refractivity contribution in [3.05, 3.63) is 185 Å². The summed E-state index contributed by atoms with van der Waals surface area (Å²) in [6.45, 7) is 17.8. The number of aromatic hydroxyl groups is 1. The fourth-order valence-corrected chi connectivity index (χ4v) is 8.97. The Bertz CT molecular complexity index is 2210. The van der Waals surface area contributed by atoms with Crippen LogP contribution in [-0.4, -0.2) is 18.4 Å². The third-order valence-corrected chi connectivity index (χ3v) is 12.9. The molecule has 0 saturated heterocycles. The molecule has 0 aliphatic rings. The van der Waals surface area contributed by atoms with Gasteiger partial charge in [0.1, 0.15) is 28.7 Å². The van der Waals surface area contributed by atoms with Gasteiger partial charge in [-0.05, 0) is 101 Å². The lowest BCUT2D eigenvalue weighted by molar-refractivity contribution is 0.392. The minimum atomic E-state index is -3.51. The summed E-state index contributed by atoms with van der Waals surface area (Å²) in [7, 11) is -7.00. The molecule has 1 N–H and O–H groups in total. The predicted octanol–water partition coefficient (Wildman–Crippen LogP) is 13.2. The molecule has 0 aromatic heterocycles. The Morgan fingerprint density at radius 1 is 0.368 bits per heavy atom. The summed E-state index contributed by atoms with van der Waals surface area (Å²) in [4.78, 5) is 0. The van der Waals surface area contributed by atoms with Gasteiger partial charge in [0.15, 0.2) is 0 Å². The van der Waals surface area contributed by atoms with Crippen LogP contribution in [0, 0.1) is 6.92 Å². The molecule has 0 heterocycles. The minimum absolute atomic E-state index is 0.205. The van der Waals surface area contributed by atoms with Crippen LogP contribution in [0.3, 0.4) is 0 Å². The van der Waals surface area contributed by atoms with Crippen molar-refractivity contribution in [2.24, 2.45) is 0 Å². The van der Waals surface area contributed by atoms with Crippen LogP contribution in [0.5, 0.6) is 28.7 Å². The Hall–Kier alpha value is -5.22. The van der Waals surface area contributed by atoms with Crippen molar-refractivity contribution in [3.63, 3.8) is 0 Å². The molecule has 0 radical (unpaired) electrons. The first-order valence-electron chi connectivity index (χ1n) is 19.0. The van der Waals surface area contributed by atoms with E-state index in [1.54, 1.807) is 48.5 Å². The van der Waals surface area contributed by atoms with E-state index in [1.807, 2.05) is 72.8 Å². The van der Waals surface area contributed by atoms with Gasteiger partial charge in [-0.15, -0.1) is 0 Å². The molecule has 0 aliphatic carbocycles. The molecule has 7 nitrogen and oxygen atoms in total. The highest BCUT2D eigenvalue weighted by atomic mass is 31.2. The smallest absolute Gasteiger partial charge is 0.427 e. The van der Waals surface area contributed by atoms with E-state index in [0.717, 1.165) is 27.8 Å². The van der Waals surface area contributed by atoms with Crippen LogP contribution in [0.25, 0.3) is 0 Å². The maximum absolute atomic E-state index is 13.4. The summed E-state index contributed by atoms with van der Waals surface area (Å²) in [5.74, 6) is 2.01. The van der Waals surface area contributed by atoms with Gasteiger partial charge in [-0.1, -0.05) is 132 Å². The van der Waals surface area contributed by atoms with E-state index in [2.05, 4.69) is 72.7 Å². The van der Waals surface area contributed by atoms with Crippen LogP contribution < -0.4 is 18.1 Å². The zero-order valence-electron chi connectivity index (χ0n) is 34.1. The molecule has 0 fully saturated rings. The Morgan fingerprint density at radius 2 is 0.561 bits per heavy atom. The fraction of sp³-hybridized carbons (Fsp3) is 0.250. The van der Waals surface area contributed by atoms with Gasteiger partial charge in [-0.2, -0.15) is 0 Å². The Balaban J connectivity index is 1.04. The highest BCUT2D eigenvalue weighted by Crippen LogP contribution is 2.47. The maximum atomic E-state index is 13.4. The molecule has 0 saturated carbocycles. The van der Waals surface area contributed by atoms with Gasteiger partial charge in [0, 0.05) is 16.2 Å². The SMILES string of the molecule is Cc1ccc(C(C)(C)c2ccc(OP(C)(=O)Oc3ccc(C(C)(C)c4ccc(OP(C)(=O)Oc5ccc(C(C)(C)c6ccc(O)cc6)cc5)cc4)cc3)cc2)cc1. The second-order valence-electron chi connectivity index (χ2n) is 16.3. The number of benzene rings is 6. The number of phenolic OH excluding ortho intramolecular Hbond substituents is 1. The average Bonchev–Trinajstić information content (AvgIpc) is 3.15. The zero-order valence-corrected chi connectivity index (χ0v) is 35.9. The quantitative estimate of drug-likeness (QED) is 0.110. The van der Waals surface area contributed by atoms with E-state index >= 15 is 0 Å². The molecule has 9 heteroatoms. The maximum Gasteiger partial charge on any atom is 0.427 e. The minimum Gasteiger partial charge on any atom is -0.508 e. The Kier molecular flexibility index (Phi) is 11.6. The molecule has 296 valence electrons. The van der Waals surface area contributed by atoms with Crippen LogP contribution in [0.4, 0.5) is 0 Å². The first-order chi connectivity index (χ1) is 26.7. The summed E-state index contributed by atoms with van der Waals surface area (Å²) in [5, 5.41) is 9.68. The highest BCUT2D eigenvalue weighted by molar-refractivity contribution is 7.54. The molecule has 2 unspecified atom stereocenters. The number of phenols is 1. The van der Waals surface area contributed by atoms with Crippen molar-refractivity contribution >= 4 is 15.2 Å². The van der Waals surface area contributed by atoms with Crippen molar-refractivity contribution in [1.29, 1.82) is 0 Å². The summed E-state index contributed by atoms with van der Waals surface area (Å²) in [6, 6.07) is 45.8. The lowest BCUT2D eigenvalue weighted by Gasteiger charge is -2.27. The molecule has 0 amide bonds. The zero-order chi connectivity index (χ0) is 41.2. The molecule has 6 aromatic carbocycles. The van der Waals surface area contributed by atoms with E-state index in [-0.39, 0.29) is 16.6 Å². The molecule has 6 aromatic rings. The Morgan fingerprint density at radius 3 is 0.789 bits per heavy atom. The molecule has 2 atom stereocenters. The van der Waals surface area contributed by atoms with E-state index in [9.17, 15) is 14.2 Å². The summed E-state index contributed by atoms with van der Waals surface area (Å²) >= 11 is 0. The van der Waals surface area contributed by atoms with Crippen molar-refractivity contribution < 1.29 is 32.3 Å². The molecule has 0 aliphatic heterocycles. The monoisotopic (exact) mass is 802 g/mol. The van der Waals surface area contributed by atoms with Crippen molar-refractivity contribution in [3.8, 4) is 28.7 Å². The largest absolute Gasteiger partial charge is 0.508 e. The number of rotatable bonds is 14. The van der Waals surface area contributed by atoms with Gasteiger partial charge < -0.3 is 23.2 Å². The summed E-state index contributed by atoms with van der Waals surface area (Å²) in [6.07, 6.45) is 0. The van der Waals surface area contributed by atoms with Gasteiger partial charge >= 0.3 is 15.2 Å². The summed E-state index contributed by atoms with van der Waals surface area (Å²) in [5.41, 5.74) is 6.77. The standard InChI is InChI=1S/C48H52O7P2/c1-34-10-12-35(13-11-34)46(2,3)37-16-26-42(27-17-37)52-56(8,50)54-44-30-20-39(21-31-44)48(6,7)40-22-32-45(33-23-40)55-57(9,51)53-43-28-18-38(19-29-43)47(4,5)36-14-24-41(49)25-15-36/h10-33,49H,1-9H3. The summed E-state index contributed by atoms with van der Waals surface area (Å²) < 4.78 is 50.3. The van der Waals surface area contributed by atoms with Crippen molar-refractivity contribution in [1.82, 2.24) is 0 Å². The van der Waals surface area contributed by atoms with Crippen LogP contribution >= 0.6 is 15.2 Å². The van der Waals surface area contributed by atoms with Crippen LogP contribution in [0.15, 0.2) is 146 Å². The first-order valence-corrected chi connectivity index (χ1v) is 22.9. The number of aryl methyl sites for hydroxylation is 1. The Labute approximate surface area is 337 Å². The molecular weight excluding hydrogens is 750 g/mol. The van der Waals surface area contributed by atoms with E-state index in [4.69, 9.17) is 18.1 Å². The first kappa shape index (κ1) is 41.4. The topological polar surface area (TPSA) is 91.3 Å². The molecule has 0 bridgehead atoms. The third-order valence-electron chi connectivity index (χ3n) is 10.8. The van der Waals surface area contributed by atoms with Gasteiger partial charge in [0.05, 0.1) is 13.3 Å². The fourth-order valence-electron chi connectivity index (χ4n) is 6.88. The normalized spacial score (nSPS) is 14.2. The third kappa shape index (κ3) is 9.85. The number of hydrogen-bond acceptors (Lipinski definition) is 7. The highest BCUT2D eigenvalue weighted by Gasteiger charge is 2.28. The van der Waals surface area contributed by atoms with Crippen molar-refractivity contribution in [2.75, 3.05) is 13.3 Å². The van der Waals surface area contributed by atoms with Crippen LogP contribution in [0.1, 0.15) is 80.5 Å². The van der Waals surface area contributed by atoms with Crippen LogP contribution in [0.2, 0.25) is 0 Å². The van der Waals surface area contributed by atoms with Gasteiger partial charge in [0.2, 0.25) is 0 Å². The van der Waals surface area contributed by atoms with E-state index in [1.165, 1.54) is 24.5 Å². The lowest BCUT2D eigenvalue weighted by Crippen LogP contribution is -2.18. The van der Waals surface area contributed by atoms with Gasteiger partial charge in [-0.3, -0.25) is 0 Å². The van der Waals surface area contributed by atoms with Gasteiger partial charge in [0.25, 0.3) is 0 Å². The van der Waals surface area contributed by atoms with Gasteiger partial charge in [-0.25, -0.2) is 9.13 Å². The van der Waals surface area contributed by atoms with Crippen LogP contribution in [-0.2, 0) is 25.4 Å². The molecule has 6 rings (SSSR count). The molecular formula is C48H52O7P2. The average molecular weight is 803 g/mol. The van der Waals surface area contributed by atoms with Crippen molar-refractivity contribution in [2.45, 2.75) is 64.7 Å². The molecule has 0 spiro atoms. The second-order valence-corrected chi connectivity index (χ2v) is 20.1. The van der Waals surface area contributed by atoms with E-state index < -0.39 is 20.6 Å². The lowest BCUT2D eigenvalue weighted by atomic mass is 9.78.